The number of hydrogen-bond donors (Lipinski definition) is 0. The summed E-state index contributed by atoms with van der Waals surface area (Å²) < 4.78 is 9.20. The molecule has 2 heterocycles. The summed E-state index contributed by atoms with van der Waals surface area (Å²) in [5, 5.41) is 15.1. The lowest BCUT2D eigenvalue weighted by molar-refractivity contribution is -0.386. The molecule has 9 nitrogen and oxygen atoms in total. The van der Waals surface area contributed by atoms with Crippen LogP contribution in [0.15, 0.2) is 34.8 Å². The van der Waals surface area contributed by atoms with E-state index in [4.69, 9.17) is 4.74 Å². The van der Waals surface area contributed by atoms with Crippen LogP contribution in [0.5, 0.6) is 0 Å². The van der Waals surface area contributed by atoms with Crippen molar-refractivity contribution in [3.63, 3.8) is 0 Å². The third-order valence-corrected chi connectivity index (χ3v) is 5.46. The molecule has 0 saturated heterocycles. The predicted octanol–water partition coefficient (Wildman–Crippen LogP) is 4.00. The Morgan fingerprint density at radius 3 is 2.48 bits per heavy atom. The van der Waals surface area contributed by atoms with Crippen LogP contribution in [0.2, 0.25) is 0 Å². The standard InChI is InChI=1S/C21H21BrN4O5/c1-12-8-18(14(3)25(12)17-7-5-6-16(22)9-17)19(27)11-31-20(28)10-24-15(4)21(26(29)30)13(2)23-24/h5-9H,10-11H2,1-4H3. The zero-order valence-corrected chi connectivity index (χ0v) is 19.1. The summed E-state index contributed by atoms with van der Waals surface area (Å²) in [5.41, 5.74) is 3.32. The number of esters is 1. The number of aryl methyl sites for hydroxylation is 2. The molecule has 0 radical (unpaired) electrons. The molecule has 31 heavy (non-hydrogen) atoms. The summed E-state index contributed by atoms with van der Waals surface area (Å²) in [5.74, 6) is -1.03. The van der Waals surface area contributed by atoms with Crippen molar-refractivity contribution in [3.05, 3.63) is 73.3 Å². The van der Waals surface area contributed by atoms with Gasteiger partial charge in [0, 0.05) is 27.1 Å². The summed E-state index contributed by atoms with van der Waals surface area (Å²) >= 11 is 3.45. The summed E-state index contributed by atoms with van der Waals surface area (Å²) in [6, 6.07) is 9.47. The molecule has 0 aliphatic heterocycles. The maximum atomic E-state index is 12.7. The molecule has 162 valence electrons. The molecule has 0 N–H and O–H groups in total. The van der Waals surface area contributed by atoms with E-state index in [2.05, 4.69) is 21.0 Å². The molecule has 0 atom stereocenters. The van der Waals surface area contributed by atoms with E-state index < -0.39 is 17.5 Å². The number of halogens is 1. The fraction of sp³-hybridized carbons (Fsp3) is 0.286. The minimum atomic E-state index is -0.699. The number of Topliss-reactive ketones (excluding diaryl/α,β-unsaturated/α-hetero) is 1. The van der Waals surface area contributed by atoms with Crippen molar-refractivity contribution in [2.75, 3.05) is 6.61 Å². The monoisotopic (exact) mass is 488 g/mol. The number of aromatic nitrogens is 3. The van der Waals surface area contributed by atoms with E-state index in [1.54, 1.807) is 6.07 Å². The summed E-state index contributed by atoms with van der Waals surface area (Å²) in [4.78, 5) is 35.4. The summed E-state index contributed by atoms with van der Waals surface area (Å²) in [7, 11) is 0. The first-order chi connectivity index (χ1) is 14.6. The molecule has 0 spiro atoms. The van der Waals surface area contributed by atoms with Crippen LogP contribution in [0.25, 0.3) is 5.69 Å². The van der Waals surface area contributed by atoms with E-state index in [-0.39, 0.29) is 29.4 Å². The predicted molar refractivity (Wildman–Crippen MR) is 117 cm³/mol. The topological polar surface area (TPSA) is 109 Å². The zero-order valence-electron chi connectivity index (χ0n) is 17.5. The molecule has 0 saturated carbocycles. The van der Waals surface area contributed by atoms with Gasteiger partial charge >= 0.3 is 11.7 Å². The van der Waals surface area contributed by atoms with Gasteiger partial charge in [-0.3, -0.25) is 24.4 Å². The van der Waals surface area contributed by atoms with Gasteiger partial charge in [-0.25, -0.2) is 0 Å². The Hall–Kier alpha value is -3.27. The first kappa shape index (κ1) is 22.4. The first-order valence-electron chi connectivity index (χ1n) is 9.42. The van der Waals surface area contributed by atoms with Crippen LogP contribution >= 0.6 is 15.9 Å². The lowest BCUT2D eigenvalue weighted by atomic mass is 10.1. The van der Waals surface area contributed by atoms with Crippen molar-refractivity contribution < 1.29 is 19.2 Å². The Bertz CT molecular complexity index is 1190. The molecule has 1 aromatic carbocycles. The Kier molecular flexibility index (Phi) is 6.40. The van der Waals surface area contributed by atoms with Crippen LogP contribution in [-0.2, 0) is 16.1 Å². The van der Waals surface area contributed by atoms with Gasteiger partial charge in [0.15, 0.2) is 6.61 Å². The number of ketones is 1. The Morgan fingerprint density at radius 1 is 1.16 bits per heavy atom. The Labute approximate surface area is 186 Å². The number of carbonyl (C=O) groups excluding carboxylic acids is 2. The van der Waals surface area contributed by atoms with Crippen LogP contribution in [-0.4, -0.2) is 37.6 Å². The van der Waals surface area contributed by atoms with Gasteiger partial charge in [0.05, 0.1) is 4.92 Å². The molecular formula is C21H21BrN4O5. The number of benzene rings is 1. The second-order valence-corrected chi connectivity index (χ2v) is 8.03. The molecule has 10 heteroatoms. The van der Waals surface area contributed by atoms with Crippen molar-refractivity contribution in [1.82, 2.24) is 14.3 Å². The fourth-order valence-electron chi connectivity index (χ4n) is 3.55. The van der Waals surface area contributed by atoms with Crippen LogP contribution in [0.4, 0.5) is 5.69 Å². The van der Waals surface area contributed by atoms with Crippen molar-refractivity contribution in [3.8, 4) is 5.69 Å². The van der Waals surface area contributed by atoms with Gasteiger partial charge in [-0.05, 0) is 52.0 Å². The van der Waals surface area contributed by atoms with Crippen LogP contribution < -0.4 is 0 Å². The normalized spacial score (nSPS) is 10.9. The molecular weight excluding hydrogens is 468 g/mol. The second kappa shape index (κ2) is 8.84. The smallest absolute Gasteiger partial charge is 0.328 e. The van der Waals surface area contributed by atoms with Crippen LogP contribution in [0, 0.1) is 37.8 Å². The van der Waals surface area contributed by atoms with E-state index >= 15 is 0 Å². The quantitative estimate of drug-likeness (QED) is 0.215. The highest BCUT2D eigenvalue weighted by molar-refractivity contribution is 9.10. The average Bonchev–Trinajstić information content (AvgIpc) is 3.14. The number of ether oxygens (including phenoxy) is 1. The second-order valence-electron chi connectivity index (χ2n) is 7.12. The van der Waals surface area contributed by atoms with Crippen LogP contribution in [0.1, 0.15) is 33.1 Å². The maximum absolute atomic E-state index is 12.7. The third kappa shape index (κ3) is 4.58. The summed E-state index contributed by atoms with van der Waals surface area (Å²) in [6.07, 6.45) is 0. The van der Waals surface area contributed by atoms with Gasteiger partial charge in [0.1, 0.15) is 17.9 Å². The lowest BCUT2D eigenvalue weighted by Gasteiger charge is -2.10. The van der Waals surface area contributed by atoms with Gasteiger partial charge in [-0.15, -0.1) is 0 Å². The van der Waals surface area contributed by atoms with Crippen molar-refractivity contribution >= 4 is 33.4 Å². The van der Waals surface area contributed by atoms with E-state index in [1.807, 2.05) is 42.7 Å². The van der Waals surface area contributed by atoms with E-state index in [1.165, 1.54) is 18.5 Å². The molecule has 0 bridgehead atoms. The lowest BCUT2D eigenvalue weighted by Crippen LogP contribution is -2.20. The molecule has 2 aromatic heterocycles. The number of nitrogens with zero attached hydrogens (tertiary/aromatic N) is 4. The van der Waals surface area contributed by atoms with Gasteiger partial charge in [0.25, 0.3) is 0 Å². The van der Waals surface area contributed by atoms with Crippen molar-refractivity contribution in [2.45, 2.75) is 34.2 Å². The number of rotatable bonds is 7. The molecule has 3 rings (SSSR count). The molecule has 0 aliphatic carbocycles. The van der Waals surface area contributed by atoms with E-state index in [0.29, 0.717) is 5.56 Å². The zero-order chi connectivity index (χ0) is 22.9. The van der Waals surface area contributed by atoms with Gasteiger partial charge in [0.2, 0.25) is 5.78 Å². The van der Waals surface area contributed by atoms with E-state index in [0.717, 1.165) is 21.5 Å². The SMILES string of the molecule is Cc1nn(CC(=O)OCC(=O)c2cc(C)n(-c3cccc(Br)c3)c2C)c(C)c1[N+](=O)[O-]. The Morgan fingerprint density at radius 2 is 1.87 bits per heavy atom. The maximum Gasteiger partial charge on any atom is 0.328 e. The average molecular weight is 489 g/mol. The first-order valence-corrected chi connectivity index (χ1v) is 10.2. The fourth-order valence-corrected chi connectivity index (χ4v) is 3.94. The number of nitro groups is 1. The van der Waals surface area contributed by atoms with Gasteiger partial charge in [-0.2, -0.15) is 5.10 Å². The van der Waals surface area contributed by atoms with Gasteiger partial charge < -0.3 is 9.30 Å². The van der Waals surface area contributed by atoms with Crippen LogP contribution in [0.3, 0.4) is 0 Å². The molecule has 0 fully saturated rings. The van der Waals surface area contributed by atoms with Crippen molar-refractivity contribution in [1.29, 1.82) is 0 Å². The minimum absolute atomic E-state index is 0.135. The highest BCUT2D eigenvalue weighted by Crippen LogP contribution is 2.24. The van der Waals surface area contributed by atoms with E-state index in [9.17, 15) is 19.7 Å². The summed E-state index contributed by atoms with van der Waals surface area (Å²) in [6.45, 7) is 5.99. The number of hydrogen-bond acceptors (Lipinski definition) is 6. The number of carbonyl (C=O) groups is 2. The largest absolute Gasteiger partial charge is 0.456 e. The molecule has 0 aliphatic rings. The molecule has 3 aromatic rings. The van der Waals surface area contributed by atoms with Crippen molar-refractivity contribution in [2.24, 2.45) is 0 Å². The highest BCUT2D eigenvalue weighted by Gasteiger charge is 2.24. The third-order valence-electron chi connectivity index (χ3n) is 4.97. The Balaban J connectivity index is 1.70. The highest BCUT2D eigenvalue weighted by atomic mass is 79.9. The molecule has 0 unspecified atom stereocenters. The molecule has 0 amide bonds. The minimum Gasteiger partial charge on any atom is -0.456 e. The van der Waals surface area contributed by atoms with Gasteiger partial charge in [-0.1, -0.05) is 22.0 Å².